The third kappa shape index (κ3) is 9.44. The largest absolute Gasteiger partial charge is 0.487 e. The van der Waals surface area contributed by atoms with Crippen LogP contribution in [0.1, 0.15) is 139 Å². The van der Waals surface area contributed by atoms with E-state index in [1.54, 1.807) is 0 Å². The van der Waals surface area contributed by atoms with Gasteiger partial charge in [-0.15, -0.1) is 0 Å². The Bertz CT molecular complexity index is 788. The molecule has 1 aliphatic rings. The van der Waals surface area contributed by atoms with E-state index in [2.05, 4.69) is 20.8 Å². The van der Waals surface area contributed by atoms with E-state index in [1.165, 1.54) is 95.5 Å². The Morgan fingerprint density at radius 2 is 1.34 bits per heavy atom. The fourth-order valence-electron chi connectivity index (χ4n) is 5.46. The minimum Gasteiger partial charge on any atom is -0.487 e. The Morgan fingerprint density at radius 1 is 0.829 bits per heavy atom. The van der Waals surface area contributed by atoms with Gasteiger partial charge in [-0.25, -0.2) is 0 Å². The number of fused-ring (bicyclic) bond motifs is 1. The van der Waals surface area contributed by atoms with Crippen LogP contribution in [0.15, 0.2) is 0 Å². The zero-order chi connectivity index (χ0) is 25.7. The zero-order valence-corrected chi connectivity index (χ0v) is 23.5. The summed E-state index contributed by atoms with van der Waals surface area (Å²) in [5.74, 6) is 1.28. The summed E-state index contributed by atoms with van der Waals surface area (Å²) >= 11 is 0. The third-order valence-electron chi connectivity index (χ3n) is 8.01. The van der Waals surface area contributed by atoms with Gasteiger partial charge in [-0.3, -0.25) is 4.79 Å². The Hall–Kier alpha value is -1.55. The number of carbonyl (C=O) groups is 1. The summed E-state index contributed by atoms with van der Waals surface area (Å²) in [6, 6.07) is 0. The number of hydrogen-bond donors (Lipinski definition) is 1. The molecule has 0 aliphatic carbocycles. The molecule has 4 nitrogen and oxygen atoms in total. The molecule has 0 saturated heterocycles. The average Bonchev–Trinajstić information content (AvgIpc) is 2.85. The summed E-state index contributed by atoms with van der Waals surface area (Å²) in [7, 11) is 0. The van der Waals surface area contributed by atoms with Crippen LogP contribution >= 0.6 is 0 Å². The van der Waals surface area contributed by atoms with Crippen molar-refractivity contribution in [3.63, 3.8) is 0 Å². The van der Waals surface area contributed by atoms with Crippen LogP contribution in [-0.2, 0) is 11.2 Å². The van der Waals surface area contributed by atoms with Crippen molar-refractivity contribution in [3.8, 4) is 11.5 Å². The van der Waals surface area contributed by atoms with Gasteiger partial charge >= 0.3 is 5.97 Å². The van der Waals surface area contributed by atoms with E-state index >= 15 is 0 Å². The van der Waals surface area contributed by atoms with Crippen LogP contribution in [0.5, 0.6) is 11.5 Å². The first kappa shape index (κ1) is 29.7. The van der Waals surface area contributed by atoms with Crippen LogP contribution in [0.4, 0.5) is 0 Å². The lowest BCUT2D eigenvalue weighted by atomic mass is 9.84. The zero-order valence-electron chi connectivity index (χ0n) is 23.5. The van der Waals surface area contributed by atoms with Crippen molar-refractivity contribution < 1.29 is 14.3 Å². The van der Waals surface area contributed by atoms with E-state index in [1.807, 2.05) is 13.8 Å². The molecule has 0 aromatic heterocycles. The van der Waals surface area contributed by atoms with Gasteiger partial charge in [0.2, 0.25) is 0 Å². The quantitative estimate of drug-likeness (QED) is 0.136. The molecule has 0 spiro atoms. The first-order valence-electron chi connectivity index (χ1n) is 14.6. The van der Waals surface area contributed by atoms with Crippen LogP contribution in [0.3, 0.4) is 0 Å². The number of ether oxygens (including phenoxy) is 2. The Balaban J connectivity index is 1.68. The van der Waals surface area contributed by atoms with Gasteiger partial charge in [0.15, 0.2) is 0 Å². The second-order valence-electron chi connectivity index (χ2n) is 11.1. The lowest BCUT2D eigenvalue weighted by molar-refractivity contribution is -0.132. The molecular weight excluding hydrogens is 434 g/mol. The highest BCUT2D eigenvalue weighted by atomic mass is 16.5. The molecule has 1 aliphatic heterocycles. The van der Waals surface area contributed by atoms with Gasteiger partial charge in [-0.1, -0.05) is 90.4 Å². The number of carbonyl (C=O) groups excluding carboxylic acids is 1. The maximum atomic E-state index is 11.8. The molecule has 0 amide bonds. The Morgan fingerprint density at radius 3 is 1.86 bits per heavy atom. The monoisotopic (exact) mass is 487 g/mol. The van der Waals surface area contributed by atoms with E-state index < -0.39 is 5.97 Å². The Kier molecular flexibility index (Phi) is 13.2. The van der Waals surface area contributed by atoms with Crippen molar-refractivity contribution in [2.45, 2.75) is 149 Å². The summed E-state index contributed by atoms with van der Waals surface area (Å²) < 4.78 is 12.2. The van der Waals surface area contributed by atoms with Crippen molar-refractivity contribution in [1.29, 1.82) is 0 Å². The van der Waals surface area contributed by atoms with Crippen LogP contribution < -0.4 is 15.2 Å². The molecule has 4 heteroatoms. The van der Waals surface area contributed by atoms with Gasteiger partial charge in [0.25, 0.3) is 0 Å². The minimum atomic E-state index is -0.394. The predicted molar refractivity (Wildman–Crippen MR) is 148 cm³/mol. The van der Waals surface area contributed by atoms with Crippen molar-refractivity contribution in [2.75, 3.05) is 6.54 Å². The van der Waals surface area contributed by atoms with Crippen LogP contribution in [-0.4, -0.2) is 18.1 Å². The predicted octanol–water partition coefficient (Wildman–Crippen LogP) is 8.43. The first-order valence-corrected chi connectivity index (χ1v) is 14.6. The first-order chi connectivity index (χ1) is 16.8. The number of benzene rings is 1. The topological polar surface area (TPSA) is 61.5 Å². The number of unbranched alkanes of at least 4 members (excludes halogenated alkanes) is 13. The van der Waals surface area contributed by atoms with Gasteiger partial charge in [-0.2, -0.15) is 0 Å². The molecule has 0 saturated carbocycles. The van der Waals surface area contributed by atoms with Crippen molar-refractivity contribution in [2.24, 2.45) is 5.73 Å². The molecule has 200 valence electrons. The van der Waals surface area contributed by atoms with E-state index in [0.717, 1.165) is 41.7 Å². The van der Waals surface area contributed by atoms with Crippen LogP contribution in [0.2, 0.25) is 0 Å². The molecule has 0 radical (unpaired) electrons. The van der Waals surface area contributed by atoms with Crippen LogP contribution in [0.25, 0.3) is 0 Å². The maximum Gasteiger partial charge on any atom is 0.325 e. The molecule has 1 aromatic carbocycles. The smallest absolute Gasteiger partial charge is 0.325 e. The summed E-state index contributed by atoms with van der Waals surface area (Å²) in [6.07, 6.45) is 22.5. The van der Waals surface area contributed by atoms with Crippen LogP contribution in [0, 0.1) is 20.8 Å². The molecular formula is C31H53NO3. The van der Waals surface area contributed by atoms with Gasteiger partial charge in [-0.05, 0) is 70.1 Å². The summed E-state index contributed by atoms with van der Waals surface area (Å²) in [5.41, 5.74) is 9.61. The minimum absolute atomic E-state index is 0.108. The fourth-order valence-corrected chi connectivity index (χ4v) is 5.46. The third-order valence-corrected chi connectivity index (χ3v) is 8.01. The van der Waals surface area contributed by atoms with Crippen molar-refractivity contribution >= 4 is 5.97 Å². The van der Waals surface area contributed by atoms with Crippen molar-refractivity contribution in [3.05, 3.63) is 22.3 Å². The van der Waals surface area contributed by atoms with Gasteiger partial charge in [0.1, 0.15) is 17.1 Å². The number of hydrogen-bond acceptors (Lipinski definition) is 4. The molecule has 35 heavy (non-hydrogen) atoms. The molecule has 1 atom stereocenters. The second kappa shape index (κ2) is 15.5. The van der Waals surface area contributed by atoms with E-state index in [-0.39, 0.29) is 12.1 Å². The molecule has 1 aromatic rings. The average molecular weight is 488 g/mol. The molecule has 2 N–H and O–H groups in total. The van der Waals surface area contributed by atoms with Gasteiger partial charge < -0.3 is 15.2 Å². The van der Waals surface area contributed by atoms with E-state index in [0.29, 0.717) is 5.75 Å². The highest BCUT2D eigenvalue weighted by molar-refractivity contribution is 5.76. The number of esters is 1. The highest BCUT2D eigenvalue weighted by Gasteiger charge is 2.34. The molecule has 0 fully saturated rings. The number of rotatable bonds is 17. The fraction of sp³-hybridized carbons (Fsp3) is 0.774. The van der Waals surface area contributed by atoms with Crippen molar-refractivity contribution in [1.82, 2.24) is 0 Å². The highest BCUT2D eigenvalue weighted by Crippen LogP contribution is 2.45. The van der Waals surface area contributed by atoms with E-state index in [9.17, 15) is 4.79 Å². The molecule has 1 heterocycles. The summed E-state index contributed by atoms with van der Waals surface area (Å²) in [5, 5.41) is 0. The summed E-state index contributed by atoms with van der Waals surface area (Å²) in [6.45, 7) is 10.6. The lowest BCUT2D eigenvalue weighted by Gasteiger charge is -2.38. The molecule has 2 rings (SSSR count). The number of nitrogens with two attached hydrogens (primary N) is 1. The van der Waals surface area contributed by atoms with Gasteiger partial charge in [0, 0.05) is 5.56 Å². The summed E-state index contributed by atoms with van der Waals surface area (Å²) in [4.78, 5) is 11.8. The Labute approximate surface area is 215 Å². The normalized spacial score (nSPS) is 17.2. The standard InChI is InChI=1S/C31H53NO3/c1-6-7-8-9-10-11-12-13-14-15-16-17-18-19-21-31(5)22-20-27-26(4)29(34-28(33)23-32)24(2)25(3)30(27)35-31/h6-23,32H2,1-5H3/t31-/m1/s1. The molecule has 0 unspecified atom stereocenters. The second-order valence-corrected chi connectivity index (χ2v) is 11.1. The SMILES string of the molecule is CCCCCCCCCCCCCCCC[C@]1(C)CCc2c(C)c(OC(=O)CN)c(C)c(C)c2O1. The lowest BCUT2D eigenvalue weighted by Crippen LogP contribution is -2.37. The van der Waals surface area contributed by atoms with E-state index in [4.69, 9.17) is 15.2 Å². The van der Waals surface area contributed by atoms with Gasteiger partial charge in [0.05, 0.1) is 6.54 Å². The maximum absolute atomic E-state index is 11.8. The molecule has 0 bridgehead atoms.